The summed E-state index contributed by atoms with van der Waals surface area (Å²) >= 11 is 0. The summed E-state index contributed by atoms with van der Waals surface area (Å²) < 4.78 is 1.97. The van der Waals surface area contributed by atoms with Crippen LogP contribution in [0.1, 0.15) is 33.3 Å². The zero-order valence-corrected chi connectivity index (χ0v) is 20.8. The van der Waals surface area contributed by atoms with Gasteiger partial charge in [-0.2, -0.15) is 0 Å². The Bertz CT molecular complexity index is 985. The van der Waals surface area contributed by atoms with Crippen molar-refractivity contribution in [3.8, 4) is 16.9 Å². The summed E-state index contributed by atoms with van der Waals surface area (Å²) in [7, 11) is 2.93. The third kappa shape index (κ3) is 7.23. The number of aliphatic hydroxyl groups is 2. The van der Waals surface area contributed by atoms with Crippen molar-refractivity contribution in [1.82, 2.24) is 9.88 Å². The van der Waals surface area contributed by atoms with Crippen LogP contribution in [0.2, 0.25) is 0 Å². The van der Waals surface area contributed by atoms with Crippen LogP contribution in [-0.4, -0.2) is 32.9 Å². The van der Waals surface area contributed by atoms with Crippen LogP contribution < -0.4 is 15.9 Å². The number of allylic oxidation sites excluding steroid dienone is 1. The minimum absolute atomic E-state index is 0. The van der Waals surface area contributed by atoms with Crippen molar-refractivity contribution in [2.24, 2.45) is 7.05 Å². The zero-order valence-electron chi connectivity index (χ0n) is 17.9. The van der Waals surface area contributed by atoms with E-state index in [0.717, 1.165) is 28.8 Å². The summed E-state index contributed by atoms with van der Waals surface area (Å²) in [5.74, 6) is -0.107. The molecular weight excluding hydrogens is 445 g/mol. The summed E-state index contributed by atoms with van der Waals surface area (Å²) in [6, 6.07) is 5.06. The molecule has 4 N–H and O–H groups in total. The Morgan fingerprint density at radius 1 is 1.24 bits per heavy atom. The minimum atomic E-state index is -1.08. The fraction of sp³-hybridized carbons (Fsp3) is 0.318. The van der Waals surface area contributed by atoms with Gasteiger partial charge in [0.05, 0.1) is 5.60 Å². The first kappa shape index (κ1) is 27.3. The van der Waals surface area contributed by atoms with Gasteiger partial charge in [0.2, 0.25) is 5.91 Å². The molecule has 0 spiro atoms. The molecule has 0 atom stereocenters. The molecule has 155 valence electrons. The Kier molecular flexibility index (Phi) is 10.8. The van der Waals surface area contributed by atoms with Crippen molar-refractivity contribution in [2.45, 2.75) is 33.3 Å². The summed E-state index contributed by atoms with van der Waals surface area (Å²) in [5, 5.41) is 32.0. The number of rotatable bonds is 4. The van der Waals surface area contributed by atoms with Gasteiger partial charge in [-0.3, -0.25) is 4.79 Å². The molecule has 2 rings (SSSR count). The van der Waals surface area contributed by atoms with Crippen LogP contribution in [0, 0.1) is 0 Å². The van der Waals surface area contributed by atoms with Gasteiger partial charge in [0.25, 0.3) is 0 Å². The molecule has 29 heavy (non-hydrogen) atoms. The number of aliphatic hydroxyl groups excluding tert-OH is 1. The molecule has 0 aliphatic rings. The predicted molar refractivity (Wildman–Crippen MR) is 113 cm³/mol. The van der Waals surface area contributed by atoms with Crippen molar-refractivity contribution in [1.29, 1.82) is 0 Å². The van der Waals surface area contributed by atoms with Gasteiger partial charge in [-0.1, -0.05) is 12.7 Å². The number of carbonyl (C=O) groups excluding carboxylic acids is 1. The molecule has 1 aromatic carbocycles. The maximum absolute atomic E-state index is 11.3. The molecular formula is C22H30N2O4Y. The van der Waals surface area contributed by atoms with Crippen LogP contribution in [0.15, 0.2) is 36.7 Å². The molecule has 1 heterocycles. The van der Waals surface area contributed by atoms with Crippen molar-refractivity contribution >= 4 is 18.1 Å². The molecule has 1 aromatic heterocycles. The normalized spacial score (nSPS) is 12.0. The smallest absolute Gasteiger partial charge is 0.221 e. The topological polar surface area (TPSA) is 94.7 Å². The molecule has 0 unspecified atom stereocenters. The third-order valence-corrected chi connectivity index (χ3v) is 4.13. The van der Waals surface area contributed by atoms with E-state index in [1.54, 1.807) is 32.1 Å². The van der Waals surface area contributed by atoms with Gasteiger partial charge in [0.1, 0.15) is 5.75 Å². The predicted octanol–water partition coefficient (Wildman–Crippen LogP) is 1.46. The van der Waals surface area contributed by atoms with E-state index >= 15 is 0 Å². The Hall–Kier alpha value is -1.73. The monoisotopic (exact) mass is 475 g/mol. The van der Waals surface area contributed by atoms with Gasteiger partial charge >= 0.3 is 0 Å². The van der Waals surface area contributed by atoms with Crippen LogP contribution in [-0.2, 0) is 50.2 Å². The van der Waals surface area contributed by atoms with Gasteiger partial charge in [0.15, 0.2) is 0 Å². The average molecular weight is 475 g/mol. The molecule has 1 amide bonds. The largest absolute Gasteiger partial charge is 0.508 e. The standard InChI is InChI=1S/C21H26N2O3.CH4O.Y/c1-7-20-18(8-13(2)22-14(3)24)19(12-23(20)6)15-9-16(21(4,5)26)11-17(25)10-15;1-2;/h7-12,25-26H,2H2,1,3-6H3,(H,22,24);2H,1H3;/b18-8-,20-7+;;. The van der Waals surface area contributed by atoms with Crippen molar-refractivity contribution in [2.75, 3.05) is 7.11 Å². The van der Waals surface area contributed by atoms with E-state index in [4.69, 9.17) is 5.11 Å². The number of phenols is 1. The second kappa shape index (κ2) is 11.5. The van der Waals surface area contributed by atoms with E-state index in [1.165, 1.54) is 6.92 Å². The molecule has 0 fully saturated rings. The molecule has 0 saturated heterocycles. The second-order valence-corrected chi connectivity index (χ2v) is 6.92. The van der Waals surface area contributed by atoms with Gasteiger partial charge in [-0.05, 0) is 56.2 Å². The van der Waals surface area contributed by atoms with Crippen molar-refractivity contribution in [3.63, 3.8) is 0 Å². The SMILES string of the molecule is C=C(/C=c1/c(-c2cc(O)cc(C(C)(C)O)c2)cn(C)/c1=C/C)NC(C)=O.CO.[Y]. The van der Waals surface area contributed by atoms with Crippen LogP contribution in [0.5, 0.6) is 5.75 Å². The molecule has 6 nitrogen and oxygen atoms in total. The Labute approximate surface area is 197 Å². The number of nitrogens with one attached hydrogen (secondary N) is 1. The first-order chi connectivity index (χ1) is 13.0. The number of phenolic OH excluding ortho intramolecular Hbond substituents is 1. The van der Waals surface area contributed by atoms with Crippen LogP contribution >= 0.6 is 0 Å². The van der Waals surface area contributed by atoms with E-state index in [0.29, 0.717) is 11.3 Å². The number of nitrogens with zero attached hydrogens (tertiary/aromatic N) is 1. The number of aromatic hydroxyl groups is 1. The van der Waals surface area contributed by atoms with Crippen LogP contribution in [0.3, 0.4) is 0 Å². The number of hydrogen-bond acceptors (Lipinski definition) is 4. The number of carbonyl (C=O) groups is 1. The summed E-state index contributed by atoms with van der Waals surface area (Å²) in [4.78, 5) is 11.3. The van der Waals surface area contributed by atoms with Crippen molar-refractivity contribution in [3.05, 3.63) is 52.8 Å². The molecule has 0 saturated carbocycles. The first-order valence-electron chi connectivity index (χ1n) is 8.85. The Morgan fingerprint density at radius 3 is 2.31 bits per heavy atom. The van der Waals surface area contributed by atoms with Crippen LogP contribution in [0.4, 0.5) is 0 Å². The molecule has 0 aliphatic heterocycles. The van der Waals surface area contributed by atoms with E-state index in [-0.39, 0.29) is 44.4 Å². The second-order valence-electron chi connectivity index (χ2n) is 6.92. The molecule has 0 bridgehead atoms. The molecule has 1 radical (unpaired) electrons. The molecule has 7 heteroatoms. The summed E-state index contributed by atoms with van der Waals surface area (Å²) in [6.45, 7) is 10.6. The van der Waals surface area contributed by atoms with Crippen LogP contribution in [0.25, 0.3) is 23.3 Å². The fourth-order valence-corrected chi connectivity index (χ4v) is 2.96. The van der Waals surface area contributed by atoms with E-state index in [1.807, 2.05) is 36.9 Å². The van der Waals surface area contributed by atoms with Gasteiger partial charge < -0.3 is 25.2 Å². The number of amides is 1. The molecule has 2 aromatic rings. The molecule has 0 aliphatic carbocycles. The number of benzene rings is 1. The van der Waals surface area contributed by atoms with E-state index < -0.39 is 5.60 Å². The van der Waals surface area contributed by atoms with Crippen molar-refractivity contribution < 1.29 is 52.8 Å². The maximum Gasteiger partial charge on any atom is 0.221 e. The zero-order chi connectivity index (χ0) is 21.6. The third-order valence-electron chi connectivity index (χ3n) is 4.13. The van der Waals surface area contributed by atoms with E-state index in [2.05, 4.69) is 11.9 Å². The summed E-state index contributed by atoms with van der Waals surface area (Å²) in [6.07, 6.45) is 5.72. The van der Waals surface area contributed by atoms with Gasteiger partial charge in [0, 0.05) is 81.8 Å². The number of hydrogen-bond donors (Lipinski definition) is 4. The maximum atomic E-state index is 11.3. The van der Waals surface area contributed by atoms with Gasteiger partial charge in [-0.15, -0.1) is 0 Å². The average Bonchev–Trinajstić information content (AvgIpc) is 2.90. The Morgan fingerprint density at radius 2 is 1.83 bits per heavy atom. The quantitative estimate of drug-likeness (QED) is 0.539. The summed E-state index contributed by atoms with van der Waals surface area (Å²) in [5.41, 5.74) is 1.66. The van der Waals surface area contributed by atoms with Gasteiger partial charge in [-0.25, -0.2) is 0 Å². The number of aryl methyl sites for hydroxylation is 1. The number of aromatic nitrogens is 1. The minimum Gasteiger partial charge on any atom is -0.508 e. The Balaban J connectivity index is 0.00000253. The first-order valence-corrected chi connectivity index (χ1v) is 8.85. The fourth-order valence-electron chi connectivity index (χ4n) is 2.96. The van der Waals surface area contributed by atoms with E-state index in [9.17, 15) is 15.0 Å².